The molecule has 2 nitrogen and oxygen atoms in total. The molecule has 1 atom stereocenters. The Labute approximate surface area is 124 Å². The molecule has 1 aromatic carbocycles. The van der Waals surface area contributed by atoms with Gasteiger partial charge in [0.15, 0.2) is 0 Å². The molecule has 0 bridgehead atoms. The molecule has 1 aliphatic heterocycles. The summed E-state index contributed by atoms with van der Waals surface area (Å²) < 4.78 is 0. The Kier molecular flexibility index (Phi) is 4.87. The largest absolute Gasteiger partial charge is 0.323 e. The van der Waals surface area contributed by atoms with E-state index in [0.29, 0.717) is 0 Å². The van der Waals surface area contributed by atoms with Gasteiger partial charge in [-0.25, -0.2) is 0 Å². The van der Waals surface area contributed by atoms with E-state index in [2.05, 4.69) is 56.9 Å². The van der Waals surface area contributed by atoms with Crippen molar-refractivity contribution in [2.75, 3.05) is 19.6 Å². The molecular formula is C18H30N2. The Balaban J connectivity index is 1.94. The van der Waals surface area contributed by atoms with E-state index in [0.717, 1.165) is 12.5 Å². The summed E-state index contributed by atoms with van der Waals surface area (Å²) >= 11 is 0. The van der Waals surface area contributed by atoms with Crippen LogP contribution in [0.2, 0.25) is 0 Å². The minimum Gasteiger partial charge on any atom is -0.323 e. The summed E-state index contributed by atoms with van der Waals surface area (Å²) in [6, 6.07) is 9.01. The fourth-order valence-corrected chi connectivity index (χ4v) is 2.86. The smallest absolute Gasteiger partial charge is 0.0424 e. The summed E-state index contributed by atoms with van der Waals surface area (Å²) in [6.07, 6.45) is 2.63. The van der Waals surface area contributed by atoms with E-state index >= 15 is 0 Å². The predicted octanol–water partition coefficient (Wildman–Crippen LogP) is 3.72. The van der Waals surface area contributed by atoms with E-state index in [9.17, 15) is 0 Å². The zero-order chi connectivity index (χ0) is 14.8. The van der Waals surface area contributed by atoms with Gasteiger partial charge in [-0.1, -0.05) is 52.0 Å². The Morgan fingerprint density at radius 2 is 1.70 bits per heavy atom. The molecule has 2 rings (SSSR count). The van der Waals surface area contributed by atoms with Crippen LogP contribution in [0, 0.1) is 5.92 Å². The van der Waals surface area contributed by atoms with Crippen LogP contribution < -0.4 is 5.73 Å². The molecule has 0 radical (unpaired) electrons. The van der Waals surface area contributed by atoms with Crippen LogP contribution in [0.25, 0.3) is 0 Å². The van der Waals surface area contributed by atoms with Gasteiger partial charge in [0.1, 0.15) is 0 Å². The van der Waals surface area contributed by atoms with Crippen LogP contribution in [-0.2, 0) is 5.41 Å². The predicted molar refractivity (Wildman–Crippen MR) is 86.9 cm³/mol. The third kappa shape index (κ3) is 4.07. The molecule has 0 spiro atoms. The molecule has 2 N–H and O–H groups in total. The Hall–Kier alpha value is -0.860. The van der Waals surface area contributed by atoms with Gasteiger partial charge in [-0.3, -0.25) is 0 Å². The highest BCUT2D eigenvalue weighted by atomic mass is 15.1. The average molecular weight is 274 g/mol. The fourth-order valence-electron chi connectivity index (χ4n) is 2.86. The Morgan fingerprint density at radius 3 is 2.20 bits per heavy atom. The van der Waals surface area contributed by atoms with E-state index in [1.54, 1.807) is 0 Å². The quantitative estimate of drug-likeness (QED) is 0.910. The van der Waals surface area contributed by atoms with Crippen molar-refractivity contribution >= 4 is 0 Å². The fraction of sp³-hybridized carbons (Fsp3) is 0.667. The first-order chi connectivity index (χ1) is 9.36. The number of nitrogens with zero attached hydrogens (tertiary/aromatic N) is 1. The molecule has 0 amide bonds. The highest BCUT2D eigenvalue weighted by molar-refractivity contribution is 5.29. The van der Waals surface area contributed by atoms with Crippen LogP contribution in [0.5, 0.6) is 0 Å². The Bertz CT molecular complexity index is 408. The van der Waals surface area contributed by atoms with E-state index in [4.69, 9.17) is 5.73 Å². The minimum absolute atomic E-state index is 0.137. The molecule has 0 aromatic heterocycles. The van der Waals surface area contributed by atoms with Crippen molar-refractivity contribution in [2.24, 2.45) is 11.7 Å². The van der Waals surface area contributed by atoms with Gasteiger partial charge < -0.3 is 10.6 Å². The second-order valence-electron chi connectivity index (χ2n) is 7.46. The monoisotopic (exact) mass is 274 g/mol. The highest BCUT2D eigenvalue weighted by Crippen LogP contribution is 2.24. The standard InChI is InChI=1S/C18H30N2/c1-14-9-11-20(12-10-14)13-17(19)15-5-7-16(8-6-15)18(2,3)4/h5-8,14,17H,9-13,19H2,1-4H3. The summed E-state index contributed by atoms with van der Waals surface area (Å²) in [6.45, 7) is 12.5. The van der Waals surface area contributed by atoms with Gasteiger partial charge in [-0.05, 0) is 48.4 Å². The molecule has 2 heteroatoms. The lowest BCUT2D eigenvalue weighted by molar-refractivity contribution is 0.183. The van der Waals surface area contributed by atoms with Gasteiger partial charge in [-0.2, -0.15) is 0 Å². The lowest BCUT2D eigenvalue weighted by atomic mass is 9.86. The lowest BCUT2D eigenvalue weighted by Crippen LogP contribution is -2.38. The minimum atomic E-state index is 0.137. The number of hydrogen-bond acceptors (Lipinski definition) is 2. The maximum absolute atomic E-state index is 6.38. The van der Waals surface area contributed by atoms with Crippen molar-refractivity contribution in [1.82, 2.24) is 4.90 Å². The van der Waals surface area contributed by atoms with E-state index in [1.165, 1.54) is 37.1 Å². The van der Waals surface area contributed by atoms with Crippen molar-refractivity contribution in [3.63, 3.8) is 0 Å². The molecule has 1 heterocycles. The van der Waals surface area contributed by atoms with Crippen LogP contribution in [0.15, 0.2) is 24.3 Å². The molecule has 112 valence electrons. The number of likely N-dealkylation sites (tertiary alicyclic amines) is 1. The molecule has 0 aliphatic carbocycles. The number of hydrogen-bond donors (Lipinski definition) is 1. The number of piperidine rings is 1. The van der Waals surface area contributed by atoms with E-state index < -0.39 is 0 Å². The maximum Gasteiger partial charge on any atom is 0.0424 e. The van der Waals surface area contributed by atoms with Gasteiger partial charge in [0.2, 0.25) is 0 Å². The maximum atomic E-state index is 6.38. The zero-order valence-electron chi connectivity index (χ0n) is 13.5. The van der Waals surface area contributed by atoms with Gasteiger partial charge >= 0.3 is 0 Å². The summed E-state index contributed by atoms with van der Waals surface area (Å²) in [7, 11) is 0. The third-order valence-electron chi connectivity index (χ3n) is 4.54. The molecule has 1 aromatic rings. The second-order valence-corrected chi connectivity index (χ2v) is 7.46. The molecule has 0 saturated carbocycles. The average Bonchev–Trinajstić information content (AvgIpc) is 2.40. The molecule has 20 heavy (non-hydrogen) atoms. The van der Waals surface area contributed by atoms with Crippen molar-refractivity contribution in [2.45, 2.75) is 52.0 Å². The van der Waals surface area contributed by atoms with Gasteiger partial charge in [0.25, 0.3) is 0 Å². The lowest BCUT2D eigenvalue weighted by Gasteiger charge is -2.32. The topological polar surface area (TPSA) is 29.3 Å². The first-order valence-electron chi connectivity index (χ1n) is 7.94. The second kappa shape index (κ2) is 6.28. The van der Waals surface area contributed by atoms with Crippen molar-refractivity contribution in [1.29, 1.82) is 0 Å². The van der Waals surface area contributed by atoms with Gasteiger partial charge in [0.05, 0.1) is 0 Å². The number of nitrogens with two attached hydrogens (primary N) is 1. The first kappa shape index (κ1) is 15.5. The molecule has 1 saturated heterocycles. The third-order valence-corrected chi connectivity index (χ3v) is 4.54. The zero-order valence-corrected chi connectivity index (χ0v) is 13.5. The molecule has 1 unspecified atom stereocenters. The van der Waals surface area contributed by atoms with Crippen LogP contribution >= 0.6 is 0 Å². The van der Waals surface area contributed by atoms with Crippen LogP contribution in [-0.4, -0.2) is 24.5 Å². The summed E-state index contributed by atoms with van der Waals surface area (Å²) in [5, 5.41) is 0. The van der Waals surface area contributed by atoms with Crippen molar-refractivity contribution < 1.29 is 0 Å². The van der Waals surface area contributed by atoms with Crippen LogP contribution in [0.1, 0.15) is 57.7 Å². The van der Waals surface area contributed by atoms with E-state index in [1.807, 2.05) is 0 Å². The van der Waals surface area contributed by atoms with Crippen molar-refractivity contribution in [3.05, 3.63) is 35.4 Å². The first-order valence-corrected chi connectivity index (χ1v) is 7.94. The summed E-state index contributed by atoms with van der Waals surface area (Å²) in [4.78, 5) is 2.52. The molecular weight excluding hydrogens is 244 g/mol. The number of benzene rings is 1. The number of rotatable bonds is 3. The highest BCUT2D eigenvalue weighted by Gasteiger charge is 2.19. The molecule has 1 fully saturated rings. The van der Waals surface area contributed by atoms with Crippen LogP contribution in [0.4, 0.5) is 0 Å². The van der Waals surface area contributed by atoms with E-state index in [-0.39, 0.29) is 11.5 Å². The van der Waals surface area contributed by atoms with Crippen molar-refractivity contribution in [3.8, 4) is 0 Å². The Morgan fingerprint density at radius 1 is 1.15 bits per heavy atom. The molecule has 1 aliphatic rings. The van der Waals surface area contributed by atoms with Gasteiger partial charge in [0, 0.05) is 12.6 Å². The normalized spacial score (nSPS) is 20.1. The van der Waals surface area contributed by atoms with Crippen LogP contribution in [0.3, 0.4) is 0 Å². The summed E-state index contributed by atoms with van der Waals surface area (Å²) in [5.74, 6) is 0.883. The summed E-state index contributed by atoms with van der Waals surface area (Å²) in [5.41, 5.74) is 9.23. The van der Waals surface area contributed by atoms with Gasteiger partial charge in [-0.15, -0.1) is 0 Å². The SMILES string of the molecule is CC1CCN(CC(N)c2ccc(C(C)(C)C)cc2)CC1.